The second-order valence-electron chi connectivity index (χ2n) is 15.4. The molecule has 0 bridgehead atoms. The van der Waals surface area contributed by atoms with E-state index in [0.717, 1.165) is 22.8 Å². The van der Waals surface area contributed by atoms with Gasteiger partial charge in [-0.05, 0) is 66.0 Å². The van der Waals surface area contributed by atoms with Crippen molar-refractivity contribution in [3.05, 3.63) is 143 Å². The molecule has 0 saturated carbocycles. The van der Waals surface area contributed by atoms with Gasteiger partial charge in [0.15, 0.2) is 0 Å². The number of carbonyl (C=O) groups is 3. The SMILES string of the molecule is CC[C@@H](C)[C@@]1(NC(C)=O)CCN([C@@H](CCc2ccccc2)C(=O)N[C@@H](Cc2cc(F)cc(F)c2)[C@H](O)[C@H]2COCCN2C(c2ccccc2)c2ccccc2)C1=O. The number of ether oxygens (including phenoxy) is 1. The third-order valence-corrected chi connectivity index (χ3v) is 11.8. The number of benzene rings is 4. The monoisotopic (exact) mass is 780 g/mol. The minimum atomic E-state index is -1.28. The minimum absolute atomic E-state index is 0.102. The lowest BCUT2D eigenvalue weighted by atomic mass is 9.81. The molecular weight excluding hydrogens is 727 g/mol. The summed E-state index contributed by atoms with van der Waals surface area (Å²) in [5.41, 5.74) is 2.07. The Morgan fingerprint density at radius 3 is 2.07 bits per heavy atom. The molecule has 4 aromatic rings. The molecule has 6 rings (SSSR count). The van der Waals surface area contributed by atoms with Crippen LogP contribution in [-0.4, -0.2) is 88.7 Å². The van der Waals surface area contributed by atoms with Gasteiger partial charge in [0.1, 0.15) is 23.2 Å². The van der Waals surface area contributed by atoms with Gasteiger partial charge in [0.25, 0.3) is 0 Å². The fourth-order valence-corrected chi connectivity index (χ4v) is 8.68. The molecule has 3 amide bonds. The van der Waals surface area contributed by atoms with Crippen molar-refractivity contribution in [1.82, 2.24) is 20.4 Å². The summed E-state index contributed by atoms with van der Waals surface area (Å²) in [4.78, 5) is 45.6. The number of nitrogens with zero attached hydrogens (tertiary/aromatic N) is 2. The number of halogens is 2. The number of morpholine rings is 1. The summed E-state index contributed by atoms with van der Waals surface area (Å²) in [5, 5.41) is 18.6. The fourth-order valence-electron chi connectivity index (χ4n) is 8.68. The Labute approximate surface area is 334 Å². The highest BCUT2D eigenvalue weighted by Gasteiger charge is 2.53. The maximum atomic E-state index is 14.9. The van der Waals surface area contributed by atoms with Crippen molar-refractivity contribution in [3.63, 3.8) is 0 Å². The Morgan fingerprint density at radius 1 is 0.895 bits per heavy atom. The normalized spacial score (nSPS) is 20.9. The molecule has 2 aliphatic heterocycles. The number of amides is 3. The first-order valence-corrected chi connectivity index (χ1v) is 20.0. The Kier molecular flexibility index (Phi) is 13.9. The first-order chi connectivity index (χ1) is 27.5. The van der Waals surface area contributed by atoms with E-state index in [0.29, 0.717) is 32.4 Å². The maximum Gasteiger partial charge on any atom is 0.249 e. The molecule has 0 radical (unpaired) electrons. The number of hydrogen-bond acceptors (Lipinski definition) is 6. The second-order valence-corrected chi connectivity index (χ2v) is 15.4. The lowest BCUT2D eigenvalue weighted by Gasteiger charge is -2.45. The molecule has 2 aliphatic rings. The van der Waals surface area contributed by atoms with E-state index < -0.39 is 47.3 Å². The van der Waals surface area contributed by atoms with Gasteiger partial charge in [-0.2, -0.15) is 0 Å². The topological polar surface area (TPSA) is 111 Å². The van der Waals surface area contributed by atoms with Gasteiger partial charge in [0.05, 0.1) is 37.4 Å². The van der Waals surface area contributed by atoms with Crippen molar-refractivity contribution in [2.24, 2.45) is 5.92 Å². The maximum absolute atomic E-state index is 14.9. The third-order valence-electron chi connectivity index (χ3n) is 11.8. The average molecular weight is 781 g/mol. The molecule has 9 nitrogen and oxygen atoms in total. The van der Waals surface area contributed by atoms with Gasteiger partial charge in [-0.3, -0.25) is 19.3 Å². The Morgan fingerprint density at radius 2 is 1.49 bits per heavy atom. The molecule has 2 fully saturated rings. The number of aryl methyl sites for hydroxylation is 1. The molecular formula is C46H54F2N4O5. The van der Waals surface area contributed by atoms with E-state index in [4.69, 9.17) is 4.74 Å². The van der Waals surface area contributed by atoms with Gasteiger partial charge < -0.3 is 25.4 Å². The lowest BCUT2D eigenvalue weighted by Crippen LogP contribution is -2.62. The van der Waals surface area contributed by atoms with Crippen molar-refractivity contribution >= 4 is 17.7 Å². The summed E-state index contributed by atoms with van der Waals surface area (Å²) in [7, 11) is 0. The Balaban J connectivity index is 1.37. The summed E-state index contributed by atoms with van der Waals surface area (Å²) >= 11 is 0. The molecule has 3 N–H and O–H groups in total. The number of hydrogen-bond donors (Lipinski definition) is 3. The van der Waals surface area contributed by atoms with Crippen LogP contribution in [0.2, 0.25) is 0 Å². The third kappa shape index (κ3) is 9.77. The molecule has 11 heteroatoms. The smallest absolute Gasteiger partial charge is 0.249 e. The quantitative estimate of drug-likeness (QED) is 0.129. The minimum Gasteiger partial charge on any atom is -0.389 e. The van der Waals surface area contributed by atoms with Crippen LogP contribution in [-0.2, 0) is 32.0 Å². The highest BCUT2D eigenvalue weighted by Crippen LogP contribution is 2.36. The van der Waals surface area contributed by atoms with Crippen molar-refractivity contribution in [1.29, 1.82) is 0 Å². The number of nitrogens with one attached hydrogen (secondary N) is 2. The van der Waals surface area contributed by atoms with E-state index in [1.807, 2.05) is 105 Å². The van der Waals surface area contributed by atoms with Crippen LogP contribution in [0.25, 0.3) is 0 Å². The molecule has 2 saturated heterocycles. The molecule has 2 heterocycles. The molecule has 0 aliphatic carbocycles. The first-order valence-electron chi connectivity index (χ1n) is 20.0. The number of rotatable bonds is 16. The molecule has 0 unspecified atom stereocenters. The Bertz CT molecular complexity index is 1890. The van der Waals surface area contributed by atoms with Crippen LogP contribution in [0.5, 0.6) is 0 Å². The highest BCUT2D eigenvalue weighted by atomic mass is 19.1. The predicted octanol–water partition coefficient (Wildman–Crippen LogP) is 6.00. The summed E-state index contributed by atoms with van der Waals surface area (Å²) in [5.74, 6) is -2.91. The second kappa shape index (κ2) is 19.0. The zero-order valence-electron chi connectivity index (χ0n) is 33.0. The number of aliphatic hydroxyl groups excluding tert-OH is 1. The first kappa shape index (κ1) is 41.7. The van der Waals surface area contributed by atoms with Gasteiger partial charge in [-0.15, -0.1) is 0 Å². The summed E-state index contributed by atoms with van der Waals surface area (Å²) < 4.78 is 35.3. The number of carbonyl (C=O) groups excluding carboxylic acids is 3. The van der Waals surface area contributed by atoms with E-state index in [1.54, 1.807) is 4.90 Å². The van der Waals surface area contributed by atoms with Crippen LogP contribution in [0.15, 0.2) is 109 Å². The molecule has 302 valence electrons. The van der Waals surface area contributed by atoms with Gasteiger partial charge in [-0.25, -0.2) is 8.78 Å². The van der Waals surface area contributed by atoms with E-state index >= 15 is 0 Å². The van der Waals surface area contributed by atoms with Crippen molar-refractivity contribution < 1.29 is 33.0 Å². The highest BCUT2D eigenvalue weighted by molar-refractivity contribution is 5.96. The average Bonchev–Trinajstić information content (AvgIpc) is 3.53. The zero-order chi connectivity index (χ0) is 40.5. The number of aliphatic hydroxyl groups is 1. The van der Waals surface area contributed by atoms with Crippen LogP contribution >= 0.6 is 0 Å². The summed E-state index contributed by atoms with van der Waals surface area (Å²) in [6.45, 7) is 6.53. The van der Waals surface area contributed by atoms with Crippen molar-refractivity contribution in [3.8, 4) is 0 Å². The van der Waals surface area contributed by atoms with Crippen LogP contribution in [0.4, 0.5) is 8.78 Å². The van der Waals surface area contributed by atoms with E-state index in [2.05, 4.69) is 15.5 Å². The lowest BCUT2D eigenvalue weighted by molar-refractivity contribution is -0.144. The summed E-state index contributed by atoms with van der Waals surface area (Å²) in [6, 6.07) is 29.8. The van der Waals surface area contributed by atoms with E-state index in [1.165, 1.54) is 19.1 Å². The standard InChI is InChI=1S/C46H54F2N4O5/c1-4-31(2)46(50-32(3)53)22-23-52(45(46)56)40(21-20-33-14-8-5-9-15-33)44(55)49-39(28-34-26-37(47)29-38(48)27-34)43(54)41-30-57-25-24-51(41)42(35-16-10-6-11-17-35)36-18-12-7-13-19-36/h5-19,26-27,29,31,39-43,54H,4,20-25,28,30H2,1-3H3,(H,49,55)(H,50,53)/t31-,39+,40+,41-,43+,46+/m1/s1. The zero-order valence-corrected chi connectivity index (χ0v) is 33.0. The molecule has 57 heavy (non-hydrogen) atoms. The van der Waals surface area contributed by atoms with Crippen LogP contribution in [0, 0.1) is 17.6 Å². The van der Waals surface area contributed by atoms with Crippen LogP contribution in [0.3, 0.4) is 0 Å². The van der Waals surface area contributed by atoms with Crippen LogP contribution in [0.1, 0.15) is 68.3 Å². The van der Waals surface area contributed by atoms with Crippen molar-refractivity contribution in [2.45, 2.75) is 88.7 Å². The van der Waals surface area contributed by atoms with Crippen molar-refractivity contribution in [2.75, 3.05) is 26.3 Å². The molecule has 0 spiro atoms. The fraction of sp³-hybridized carbons (Fsp3) is 0.413. The molecule has 4 aromatic carbocycles. The molecule has 0 aromatic heterocycles. The predicted molar refractivity (Wildman–Crippen MR) is 215 cm³/mol. The summed E-state index contributed by atoms with van der Waals surface area (Å²) in [6.07, 6.45) is 0.318. The largest absolute Gasteiger partial charge is 0.389 e. The number of likely N-dealkylation sites (tertiary alicyclic amines) is 1. The van der Waals surface area contributed by atoms with Gasteiger partial charge in [0, 0.05) is 26.1 Å². The van der Waals surface area contributed by atoms with E-state index in [9.17, 15) is 28.3 Å². The van der Waals surface area contributed by atoms with E-state index in [-0.39, 0.29) is 55.3 Å². The Hall–Kier alpha value is -4.97. The van der Waals surface area contributed by atoms with Gasteiger partial charge in [-0.1, -0.05) is 111 Å². The van der Waals surface area contributed by atoms with Crippen LogP contribution < -0.4 is 10.6 Å². The van der Waals surface area contributed by atoms with Gasteiger partial charge in [0.2, 0.25) is 17.7 Å². The molecule has 6 atom stereocenters. The van der Waals surface area contributed by atoms with Gasteiger partial charge >= 0.3 is 0 Å².